The third kappa shape index (κ3) is 3.63. The molecule has 1 aromatic heterocycles. The monoisotopic (exact) mass is 245 g/mol. The molecule has 0 aliphatic heterocycles. The minimum Gasteiger partial charge on any atom is -0.346 e. The third-order valence-corrected chi connectivity index (χ3v) is 2.11. The van der Waals surface area contributed by atoms with E-state index in [0.717, 1.165) is 0 Å². The summed E-state index contributed by atoms with van der Waals surface area (Å²) in [7, 11) is 0. The molecule has 0 spiro atoms. The fraction of sp³-hybridized carbons (Fsp3) is 0.400. The molecule has 0 aromatic carbocycles. The lowest BCUT2D eigenvalue weighted by Crippen LogP contribution is -2.42. The summed E-state index contributed by atoms with van der Waals surface area (Å²) in [4.78, 5) is 25.2. The minimum absolute atomic E-state index is 0.205. The first-order valence-corrected chi connectivity index (χ1v) is 4.92. The number of H-pyrrole nitrogens is 1. The Kier molecular flexibility index (Phi) is 3.95. The molecule has 1 amide bonds. The zero-order valence-electron chi connectivity index (χ0n) is 9.22. The lowest BCUT2D eigenvalue weighted by molar-refractivity contribution is 0.0118. The molecule has 5 nitrogen and oxygen atoms in total. The van der Waals surface area contributed by atoms with Crippen molar-refractivity contribution in [3.8, 4) is 0 Å². The van der Waals surface area contributed by atoms with Gasteiger partial charge in [0.15, 0.2) is 0 Å². The number of hydrogen-bond acceptors (Lipinski definition) is 3. The van der Waals surface area contributed by atoms with E-state index in [1.807, 2.05) is 5.32 Å². The van der Waals surface area contributed by atoms with E-state index in [0.29, 0.717) is 5.69 Å². The Bertz CT molecular complexity index is 471. The number of alkyl halides is 2. The first-order valence-electron chi connectivity index (χ1n) is 4.92. The first kappa shape index (κ1) is 13.3. The number of pyridine rings is 1. The second-order valence-corrected chi connectivity index (χ2v) is 3.63. The molecule has 94 valence electrons. The van der Waals surface area contributed by atoms with Crippen molar-refractivity contribution in [2.45, 2.75) is 12.8 Å². The smallest absolute Gasteiger partial charge is 0.277 e. The van der Waals surface area contributed by atoms with Crippen LogP contribution >= 0.6 is 0 Å². The van der Waals surface area contributed by atoms with E-state index in [9.17, 15) is 18.4 Å². The zero-order valence-corrected chi connectivity index (χ0v) is 9.22. The Morgan fingerprint density at radius 1 is 1.53 bits per heavy atom. The van der Waals surface area contributed by atoms with Crippen LogP contribution in [-0.4, -0.2) is 29.9 Å². The van der Waals surface area contributed by atoms with Gasteiger partial charge in [0.1, 0.15) is 5.56 Å². The fourth-order valence-electron chi connectivity index (χ4n) is 1.13. The predicted molar refractivity (Wildman–Crippen MR) is 58.1 cm³/mol. The maximum Gasteiger partial charge on any atom is 0.277 e. The van der Waals surface area contributed by atoms with Crippen LogP contribution < -0.4 is 16.6 Å². The highest BCUT2D eigenvalue weighted by atomic mass is 19.3. The number of carbonyl (C=O) groups excluding carboxylic acids is 1. The molecule has 1 heterocycles. The van der Waals surface area contributed by atoms with E-state index in [2.05, 4.69) is 4.98 Å². The van der Waals surface area contributed by atoms with Crippen LogP contribution in [0.4, 0.5) is 8.78 Å². The summed E-state index contributed by atoms with van der Waals surface area (Å²) in [6, 6.07) is 2.79. The van der Waals surface area contributed by atoms with Gasteiger partial charge < -0.3 is 16.0 Å². The summed E-state index contributed by atoms with van der Waals surface area (Å²) in [6.45, 7) is -0.112. The number of nitrogens with two attached hydrogens (primary N) is 1. The van der Waals surface area contributed by atoms with E-state index in [1.165, 1.54) is 12.1 Å². The average molecular weight is 245 g/mol. The van der Waals surface area contributed by atoms with E-state index in [4.69, 9.17) is 5.73 Å². The first-order chi connectivity index (χ1) is 7.85. The molecule has 0 unspecified atom stereocenters. The Morgan fingerprint density at radius 2 is 2.18 bits per heavy atom. The Balaban J connectivity index is 2.74. The molecule has 0 fully saturated rings. The topological polar surface area (TPSA) is 88.0 Å². The van der Waals surface area contributed by atoms with Crippen LogP contribution in [0.1, 0.15) is 16.1 Å². The van der Waals surface area contributed by atoms with Crippen LogP contribution in [-0.2, 0) is 0 Å². The van der Waals surface area contributed by atoms with Gasteiger partial charge >= 0.3 is 0 Å². The quantitative estimate of drug-likeness (QED) is 0.698. The number of nitrogens with one attached hydrogen (secondary N) is 2. The van der Waals surface area contributed by atoms with E-state index in [1.54, 1.807) is 6.92 Å². The molecule has 1 aromatic rings. The normalized spacial score (nSPS) is 11.3. The van der Waals surface area contributed by atoms with Gasteiger partial charge in [0.25, 0.3) is 17.4 Å². The largest absolute Gasteiger partial charge is 0.346 e. The summed E-state index contributed by atoms with van der Waals surface area (Å²) in [6.07, 6.45) is 0. The molecule has 0 atom stereocenters. The molecule has 7 heteroatoms. The van der Waals surface area contributed by atoms with Crippen molar-refractivity contribution in [1.82, 2.24) is 10.3 Å². The lowest BCUT2D eigenvalue weighted by Gasteiger charge is -2.14. The Morgan fingerprint density at radius 3 is 2.71 bits per heavy atom. The van der Waals surface area contributed by atoms with Crippen molar-refractivity contribution in [2.75, 3.05) is 13.1 Å². The van der Waals surface area contributed by atoms with Gasteiger partial charge in [0.2, 0.25) is 0 Å². The zero-order chi connectivity index (χ0) is 13.1. The number of aryl methyl sites for hydroxylation is 1. The SMILES string of the molecule is Cc1ccc(C(=O)NCC(F)(F)CN)c(=O)[nH]1. The van der Waals surface area contributed by atoms with Gasteiger partial charge in [-0.25, -0.2) is 8.78 Å². The molecule has 0 aliphatic rings. The fourth-order valence-corrected chi connectivity index (χ4v) is 1.13. The Labute approximate surface area is 96.0 Å². The summed E-state index contributed by atoms with van der Waals surface area (Å²) in [5.74, 6) is -4.02. The predicted octanol–water partition coefficient (Wildman–Crippen LogP) is 0.00712. The Hall–Kier alpha value is -1.76. The molecule has 17 heavy (non-hydrogen) atoms. The van der Waals surface area contributed by atoms with Gasteiger partial charge in [0, 0.05) is 5.69 Å². The van der Waals surface area contributed by atoms with Crippen molar-refractivity contribution >= 4 is 5.91 Å². The molecule has 0 aliphatic carbocycles. The number of amides is 1. The van der Waals surface area contributed by atoms with Crippen LogP contribution in [0.15, 0.2) is 16.9 Å². The van der Waals surface area contributed by atoms with Gasteiger partial charge in [-0.3, -0.25) is 9.59 Å². The summed E-state index contributed by atoms with van der Waals surface area (Å²) < 4.78 is 25.5. The number of hydrogen-bond donors (Lipinski definition) is 3. The second kappa shape index (κ2) is 5.05. The molecule has 4 N–H and O–H groups in total. The van der Waals surface area contributed by atoms with Crippen LogP contribution in [0.5, 0.6) is 0 Å². The van der Waals surface area contributed by atoms with Crippen LogP contribution in [0, 0.1) is 6.92 Å². The molecular weight excluding hydrogens is 232 g/mol. The lowest BCUT2D eigenvalue weighted by atomic mass is 10.2. The molecule has 0 saturated carbocycles. The number of carbonyl (C=O) groups is 1. The number of aromatic amines is 1. The average Bonchev–Trinajstić information content (AvgIpc) is 2.26. The standard InChI is InChI=1S/C10H13F2N3O2/c1-6-2-3-7(9(17)15-6)8(16)14-5-10(11,12)4-13/h2-3H,4-5,13H2,1H3,(H,14,16)(H,15,17). The van der Waals surface area contributed by atoms with Crippen LogP contribution in [0.25, 0.3) is 0 Å². The van der Waals surface area contributed by atoms with Crippen molar-refractivity contribution in [2.24, 2.45) is 5.73 Å². The van der Waals surface area contributed by atoms with Gasteiger partial charge in [-0.15, -0.1) is 0 Å². The number of halogens is 2. The van der Waals surface area contributed by atoms with Crippen molar-refractivity contribution in [3.05, 3.63) is 33.7 Å². The van der Waals surface area contributed by atoms with Crippen LogP contribution in [0.3, 0.4) is 0 Å². The summed E-state index contributed by atoms with van der Waals surface area (Å²) in [5.41, 5.74) is 4.58. The van der Waals surface area contributed by atoms with Crippen molar-refractivity contribution in [1.29, 1.82) is 0 Å². The number of aromatic nitrogens is 1. The van der Waals surface area contributed by atoms with Crippen molar-refractivity contribution in [3.63, 3.8) is 0 Å². The number of rotatable bonds is 4. The highest BCUT2D eigenvalue weighted by molar-refractivity contribution is 5.93. The highest BCUT2D eigenvalue weighted by Crippen LogP contribution is 2.08. The molecule has 0 radical (unpaired) electrons. The maximum absolute atomic E-state index is 12.8. The molecular formula is C10H13F2N3O2. The maximum atomic E-state index is 12.8. The van der Waals surface area contributed by atoms with E-state index >= 15 is 0 Å². The molecule has 1 rings (SSSR count). The molecule has 0 saturated heterocycles. The molecule has 0 bridgehead atoms. The highest BCUT2D eigenvalue weighted by Gasteiger charge is 2.27. The van der Waals surface area contributed by atoms with Crippen LogP contribution in [0.2, 0.25) is 0 Å². The second-order valence-electron chi connectivity index (χ2n) is 3.63. The third-order valence-electron chi connectivity index (χ3n) is 2.11. The van der Waals surface area contributed by atoms with E-state index in [-0.39, 0.29) is 5.56 Å². The minimum atomic E-state index is -3.17. The van der Waals surface area contributed by atoms with Gasteiger partial charge in [-0.2, -0.15) is 0 Å². The summed E-state index contributed by atoms with van der Waals surface area (Å²) in [5, 5.41) is 1.96. The van der Waals surface area contributed by atoms with Gasteiger partial charge in [-0.05, 0) is 19.1 Å². The summed E-state index contributed by atoms with van der Waals surface area (Å²) >= 11 is 0. The van der Waals surface area contributed by atoms with E-state index < -0.39 is 30.5 Å². The van der Waals surface area contributed by atoms with Gasteiger partial charge in [-0.1, -0.05) is 0 Å². The van der Waals surface area contributed by atoms with Gasteiger partial charge in [0.05, 0.1) is 13.1 Å². The van der Waals surface area contributed by atoms with Crippen molar-refractivity contribution < 1.29 is 13.6 Å².